The van der Waals surface area contributed by atoms with E-state index in [9.17, 15) is 4.79 Å². The molecule has 0 saturated heterocycles. The summed E-state index contributed by atoms with van der Waals surface area (Å²) in [7, 11) is 0. The smallest absolute Gasteiger partial charge is 0.175 e. The molecule has 0 unspecified atom stereocenters. The summed E-state index contributed by atoms with van der Waals surface area (Å²) in [4.78, 5) is 17.9. The Bertz CT molecular complexity index is 519. The molecule has 2 rings (SSSR count). The van der Waals surface area contributed by atoms with Crippen LogP contribution in [0.3, 0.4) is 0 Å². The fourth-order valence-corrected chi connectivity index (χ4v) is 1.59. The second-order valence-electron chi connectivity index (χ2n) is 2.93. The molecule has 2 aromatic rings. The number of rotatable bonds is 1. The average Bonchev–Trinajstić information content (AvgIpc) is 2.56. The van der Waals surface area contributed by atoms with E-state index >= 15 is 0 Å². The number of halogens is 2. The van der Waals surface area contributed by atoms with Crippen molar-refractivity contribution in [1.29, 1.82) is 0 Å². The number of carbonyl (C=O) groups is 1. The van der Waals surface area contributed by atoms with Crippen molar-refractivity contribution in [2.24, 2.45) is 0 Å². The van der Waals surface area contributed by atoms with Crippen LogP contribution in [0, 0.1) is 0 Å². The molecule has 0 aliphatic rings. The molecule has 0 aromatic carbocycles. The summed E-state index contributed by atoms with van der Waals surface area (Å²) in [5.41, 5.74) is 1.22. The highest BCUT2D eigenvalue weighted by Gasteiger charge is 2.10. The van der Waals surface area contributed by atoms with Crippen LogP contribution in [0.15, 0.2) is 12.3 Å². The Morgan fingerprint density at radius 1 is 1.50 bits per heavy atom. The lowest BCUT2D eigenvalue weighted by Crippen LogP contribution is -1.89. The molecule has 1 N–H and O–H groups in total. The third-order valence-corrected chi connectivity index (χ3v) is 2.72. The Morgan fingerprint density at radius 3 is 2.86 bits per heavy atom. The van der Waals surface area contributed by atoms with Crippen molar-refractivity contribution >= 4 is 39.9 Å². The van der Waals surface area contributed by atoms with Crippen LogP contribution in [0.25, 0.3) is 10.9 Å². The molecule has 0 saturated carbocycles. The van der Waals surface area contributed by atoms with Crippen molar-refractivity contribution in [3.8, 4) is 0 Å². The van der Waals surface area contributed by atoms with E-state index in [-0.39, 0.29) is 10.9 Å². The number of aromatic nitrogens is 2. The Balaban J connectivity index is 2.77. The molecule has 72 valence electrons. The van der Waals surface area contributed by atoms with Crippen LogP contribution < -0.4 is 0 Å². The van der Waals surface area contributed by atoms with Gasteiger partial charge in [0.15, 0.2) is 5.78 Å². The van der Waals surface area contributed by atoms with E-state index in [1.54, 1.807) is 12.3 Å². The van der Waals surface area contributed by atoms with Gasteiger partial charge in [-0.15, -0.1) is 0 Å². The van der Waals surface area contributed by atoms with Crippen LogP contribution in [0.2, 0.25) is 10.2 Å². The van der Waals surface area contributed by atoms with Gasteiger partial charge < -0.3 is 4.98 Å². The number of Topliss-reactive ketones (excluding diaryl/α,β-unsaturated/α-hetero) is 1. The lowest BCUT2D eigenvalue weighted by molar-refractivity contribution is 0.101. The minimum Gasteiger partial charge on any atom is -0.351 e. The van der Waals surface area contributed by atoms with Gasteiger partial charge in [0.25, 0.3) is 0 Å². The Kier molecular flexibility index (Phi) is 2.21. The molecule has 0 spiro atoms. The zero-order valence-corrected chi connectivity index (χ0v) is 8.78. The first-order valence-corrected chi connectivity index (χ1v) is 4.69. The van der Waals surface area contributed by atoms with E-state index in [2.05, 4.69) is 9.97 Å². The number of aromatic amines is 1. The zero-order chi connectivity index (χ0) is 10.3. The quantitative estimate of drug-likeness (QED) is 0.603. The topological polar surface area (TPSA) is 45.8 Å². The number of H-pyrrole nitrogens is 1. The first-order chi connectivity index (χ1) is 6.59. The number of fused-ring (bicyclic) bond motifs is 1. The maximum Gasteiger partial charge on any atom is 0.175 e. The van der Waals surface area contributed by atoms with Crippen molar-refractivity contribution in [1.82, 2.24) is 9.97 Å². The fraction of sp³-hybridized carbons (Fsp3) is 0.111. The van der Waals surface area contributed by atoms with Gasteiger partial charge in [0, 0.05) is 12.3 Å². The van der Waals surface area contributed by atoms with Gasteiger partial charge in [0.1, 0.15) is 5.15 Å². The van der Waals surface area contributed by atoms with Crippen molar-refractivity contribution in [3.63, 3.8) is 0 Å². The first kappa shape index (κ1) is 9.49. The van der Waals surface area contributed by atoms with Gasteiger partial charge in [-0.2, -0.15) is 0 Å². The molecule has 0 fully saturated rings. The summed E-state index contributed by atoms with van der Waals surface area (Å²) in [6, 6.07) is 1.67. The number of nitrogens with one attached hydrogen (secondary N) is 1. The largest absolute Gasteiger partial charge is 0.351 e. The van der Waals surface area contributed by atoms with Gasteiger partial charge in [-0.25, -0.2) is 4.98 Å². The van der Waals surface area contributed by atoms with Crippen LogP contribution in [0.1, 0.15) is 17.4 Å². The van der Waals surface area contributed by atoms with Crippen LogP contribution in [0.4, 0.5) is 0 Å². The summed E-state index contributed by atoms with van der Waals surface area (Å²) in [5.74, 6) is -0.0478. The minimum absolute atomic E-state index is 0.0478. The van der Waals surface area contributed by atoms with Crippen LogP contribution in [-0.2, 0) is 0 Å². The predicted molar refractivity (Wildman–Crippen MR) is 56.1 cm³/mol. The standard InChI is InChI=1S/C9H6Cl2N2O/c1-4(14)6-2-5-7(13-6)3-12-9(11)8(5)10/h2-3,13H,1H3. The van der Waals surface area contributed by atoms with E-state index in [1.165, 1.54) is 6.92 Å². The number of ketones is 1. The van der Waals surface area contributed by atoms with Crippen LogP contribution in [-0.4, -0.2) is 15.8 Å². The molecule has 2 heterocycles. The summed E-state index contributed by atoms with van der Waals surface area (Å²) in [6.45, 7) is 1.48. The van der Waals surface area contributed by atoms with Gasteiger partial charge in [0.2, 0.25) is 0 Å². The van der Waals surface area contributed by atoms with E-state index in [4.69, 9.17) is 23.2 Å². The second-order valence-corrected chi connectivity index (χ2v) is 3.67. The van der Waals surface area contributed by atoms with Crippen LogP contribution >= 0.6 is 23.2 Å². The second kappa shape index (κ2) is 3.26. The van der Waals surface area contributed by atoms with Gasteiger partial charge in [-0.05, 0) is 6.07 Å². The van der Waals surface area contributed by atoms with Gasteiger partial charge in [-0.1, -0.05) is 23.2 Å². The molecular formula is C9H6Cl2N2O. The molecule has 0 atom stereocenters. The molecular weight excluding hydrogens is 223 g/mol. The van der Waals surface area contributed by atoms with Gasteiger partial charge in [-0.3, -0.25) is 4.79 Å². The third kappa shape index (κ3) is 1.38. The highest BCUT2D eigenvalue weighted by atomic mass is 35.5. The number of hydrogen-bond acceptors (Lipinski definition) is 2. The van der Waals surface area contributed by atoms with Crippen molar-refractivity contribution in [3.05, 3.63) is 28.1 Å². The lowest BCUT2D eigenvalue weighted by atomic mass is 10.3. The molecule has 5 heteroatoms. The number of carbonyl (C=O) groups excluding carboxylic acids is 1. The SMILES string of the molecule is CC(=O)c1cc2c(Cl)c(Cl)ncc2[nH]1. The first-order valence-electron chi connectivity index (χ1n) is 3.93. The Morgan fingerprint density at radius 2 is 2.21 bits per heavy atom. The molecule has 0 aliphatic carbocycles. The van der Waals surface area contributed by atoms with Gasteiger partial charge >= 0.3 is 0 Å². The summed E-state index contributed by atoms with van der Waals surface area (Å²) in [6.07, 6.45) is 1.55. The molecule has 0 amide bonds. The van der Waals surface area contributed by atoms with Crippen molar-refractivity contribution in [2.45, 2.75) is 6.92 Å². The molecule has 2 aromatic heterocycles. The van der Waals surface area contributed by atoms with E-state index in [0.29, 0.717) is 16.2 Å². The van der Waals surface area contributed by atoms with Gasteiger partial charge in [0.05, 0.1) is 22.4 Å². The predicted octanol–water partition coefficient (Wildman–Crippen LogP) is 3.07. The lowest BCUT2D eigenvalue weighted by Gasteiger charge is -1.94. The monoisotopic (exact) mass is 228 g/mol. The molecule has 14 heavy (non-hydrogen) atoms. The van der Waals surface area contributed by atoms with E-state index in [0.717, 1.165) is 5.39 Å². The normalized spacial score (nSPS) is 10.8. The number of pyridine rings is 1. The number of hydrogen-bond donors (Lipinski definition) is 1. The molecule has 0 bridgehead atoms. The average molecular weight is 229 g/mol. The maximum atomic E-state index is 11.1. The summed E-state index contributed by atoms with van der Waals surface area (Å²) >= 11 is 11.7. The minimum atomic E-state index is -0.0478. The van der Waals surface area contributed by atoms with Crippen molar-refractivity contribution < 1.29 is 4.79 Å². The Hall–Kier alpha value is -1.06. The highest BCUT2D eigenvalue weighted by Crippen LogP contribution is 2.29. The van der Waals surface area contributed by atoms with E-state index < -0.39 is 0 Å². The Labute approximate surface area is 90.0 Å². The van der Waals surface area contributed by atoms with E-state index in [1.807, 2.05) is 0 Å². The number of nitrogens with zero attached hydrogens (tertiary/aromatic N) is 1. The third-order valence-electron chi connectivity index (χ3n) is 1.95. The highest BCUT2D eigenvalue weighted by molar-refractivity contribution is 6.44. The van der Waals surface area contributed by atoms with Crippen LogP contribution in [0.5, 0.6) is 0 Å². The van der Waals surface area contributed by atoms with Crippen molar-refractivity contribution in [2.75, 3.05) is 0 Å². The molecule has 0 aliphatic heterocycles. The molecule has 3 nitrogen and oxygen atoms in total. The zero-order valence-electron chi connectivity index (χ0n) is 7.27. The maximum absolute atomic E-state index is 11.1. The summed E-state index contributed by atoms with van der Waals surface area (Å²) in [5, 5.41) is 1.33. The fourth-order valence-electron chi connectivity index (χ4n) is 1.23. The summed E-state index contributed by atoms with van der Waals surface area (Å²) < 4.78 is 0. The molecule has 0 radical (unpaired) electrons.